The molecule has 1 aliphatic rings. The third-order valence-corrected chi connectivity index (χ3v) is 3.68. The van der Waals surface area contributed by atoms with Crippen molar-refractivity contribution in [3.8, 4) is 12.3 Å². The van der Waals surface area contributed by atoms with E-state index in [1.54, 1.807) is 6.20 Å². The fourth-order valence-corrected chi connectivity index (χ4v) is 2.62. The standard InChI is InChI=1S/C16H19N/c1-5-14-8-9-17-13(4)16(14)15-10-11(2)6-7-12(15)3/h1,8-9,11H,6-7,10H2,2-4H3/t11-/m1/s1. The van der Waals surface area contributed by atoms with Gasteiger partial charge in [0.15, 0.2) is 0 Å². The molecule has 0 radical (unpaired) electrons. The molecule has 17 heavy (non-hydrogen) atoms. The minimum absolute atomic E-state index is 0.749. The van der Waals surface area contributed by atoms with Gasteiger partial charge >= 0.3 is 0 Å². The molecule has 0 aromatic carbocycles. The third-order valence-electron chi connectivity index (χ3n) is 3.68. The molecule has 88 valence electrons. The van der Waals surface area contributed by atoms with Gasteiger partial charge in [0.1, 0.15) is 0 Å². The molecule has 0 spiro atoms. The Labute approximate surface area is 104 Å². The van der Waals surface area contributed by atoms with Gasteiger partial charge in [0.25, 0.3) is 0 Å². The van der Waals surface area contributed by atoms with Crippen LogP contribution in [-0.4, -0.2) is 4.98 Å². The summed E-state index contributed by atoms with van der Waals surface area (Å²) >= 11 is 0. The summed E-state index contributed by atoms with van der Waals surface area (Å²) in [6, 6.07) is 1.95. The number of hydrogen-bond acceptors (Lipinski definition) is 1. The molecule has 0 amide bonds. The average molecular weight is 225 g/mol. The largest absolute Gasteiger partial charge is 0.261 e. The minimum atomic E-state index is 0.749. The average Bonchev–Trinajstić information content (AvgIpc) is 2.32. The third kappa shape index (κ3) is 2.26. The zero-order valence-electron chi connectivity index (χ0n) is 10.9. The Morgan fingerprint density at radius 3 is 2.88 bits per heavy atom. The number of hydrogen-bond donors (Lipinski definition) is 0. The fraction of sp³-hybridized carbons (Fsp3) is 0.438. The second-order valence-electron chi connectivity index (χ2n) is 5.07. The van der Waals surface area contributed by atoms with Crippen LogP contribution in [0, 0.1) is 25.2 Å². The minimum Gasteiger partial charge on any atom is -0.261 e. The van der Waals surface area contributed by atoms with Gasteiger partial charge in [0.05, 0.1) is 0 Å². The fourth-order valence-electron chi connectivity index (χ4n) is 2.62. The topological polar surface area (TPSA) is 12.9 Å². The van der Waals surface area contributed by atoms with E-state index in [9.17, 15) is 0 Å². The number of aromatic nitrogens is 1. The van der Waals surface area contributed by atoms with Gasteiger partial charge in [-0.05, 0) is 50.7 Å². The van der Waals surface area contributed by atoms with Crippen molar-refractivity contribution in [2.45, 2.75) is 40.0 Å². The summed E-state index contributed by atoms with van der Waals surface area (Å²) in [5.74, 6) is 3.54. The van der Waals surface area contributed by atoms with Crippen molar-refractivity contribution < 1.29 is 0 Å². The zero-order chi connectivity index (χ0) is 12.4. The van der Waals surface area contributed by atoms with Crippen LogP contribution in [0.4, 0.5) is 0 Å². The first kappa shape index (κ1) is 11.9. The SMILES string of the molecule is C#Cc1ccnc(C)c1C1=C(C)CC[C@@H](C)C1. The smallest absolute Gasteiger partial charge is 0.0460 e. The van der Waals surface area contributed by atoms with Gasteiger partial charge in [0, 0.05) is 23.0 Å². The molecular formula is C16H19N. The van der Waals surface area contributed by atoms with Crippen LogP contribution in [0.25, 0.3) is 5.57 Å². The Morgan fingerprint density at radius 1 is 1.41 bits per heavy atom. The van der Waals surface area contributed by atoms with Crippen LogP contribution in [0.3, 0.4) is 0 Å². The Kier molecular flexibility index (Phi) is 3.33. The first-order valence-corrected chi connectivity index (χ1v) is 6.24. The number of rotatable bonds is 1. The molecule has 1 heteroatoms. The quantitative estimate of drug-likeness (QED) is 0.659. The lowest BCUT2D eigenvalue weighted by molar-refractivity contribution is 0.524. The van der Waals surface area contributed by atoms with Crippen LogP contribution in [0.5, 0.6) is 0 Å². The van der Waals surface area contributed by atoms with Gasteiger partial charge in [-0.25, -0.2) is 0 Å². The number of pyridine rings is 1. The van der Waals surface area contributed by atoms with Gasteiger partial charge in [0.2, 0.25) is 0 Å². The summed E-state index contributed by atoms with van der Waals surface area (Å²) in [6.07, 6.45) is 11.0. The maximum absolute atomic E-state index is 5.61. The molecule has 0 N–H and O–H groups in total. The van der Waals surface area contributed by atoms with E-state index >= 15 is 0 Å². The van der Waals surface area contributed by atoms with Gasteiger partial charge < -0.3 is 0 Å². The zero-order valence-corrected chi connectivity index (χ0v) is 10.9. The lowest BCUT2D eigenvalue weighted by Gasteiger charge is -2.25. The predicted octanol–water partition coefficient (Wildman–Crippen LogP) is 3.96. The molecule has 2 rings (SSSR count). The van der Waals surface area contributed by atoms with Gasteiger partial charge in [-0.3, -0.25) is 4.98 Å². The summed E-state index contributed by atoms with van der Waals surface area (Å²) in [6.45, 7) is 6.59. The monoisotopic (exact) mass is 225 g/mol. The molecule has 1 aromatic rings. The molecule has 0 saturated carbocycles. The van der Waals surface area contributed by atoms with E-state index < -0.39 is 0 Å². The number of aryl methyl sites for hydroxylation is 1. The Morgan fingerprint density at radius 2 is 2.18 bits per heavy atom. The maximum atomic E-state index is 5.61. The number of terminal acetylenes is 1. The van der Waals surface area contributed by atoms with Gasteiger partial charge in [-0.2, -0.15) is 0 Å². The highest BCUT2D eigenvalue weighted by Gasteiger charge is 2.20. The molecular weight excluding hydrogens is 206 g/mol. The van der Waals surface area contributed by atoms with Crippen LogP contribution in [0.1, 0.15) is 49.9 Å². The molecule has 0 aliphatic heterocycles. The highest BCUT2D eigenvalue weighted by molar-refractivity contribution is 5.75. The molecule has 0 unspecified atom stereocenters. The summed E-state index contributed by atoms with van der Waals surface area (Å²) < 4.78 is 0. The molecule has 1 aromatic heterocycles. The van der Waals surface area contributed by atoms with E-state index in [1.807, 2.05) is 6.07 Å². The number of nitrogens with zero attached hydrogens (tertiary/aromatic N) is 1. The lowest BCUT2D eigenvalue weighted by Crippen LogP contribution is -2.08. The van der Waals surface area contributed by atoms with Crippen LogP contribution in [-0.2, 0) is 0 Å². The van der Waals surface area contributed by atoms with E-state index in [0.717, 1.165) is 23.6 Å². The van der Waals surface area contributed by atoms with E-state index in [4.69, 9.17) is 6.42 Å². The van der Waals surface area contributed by atoms with E-state index in [-0.39, 0.29) is 0 Å². The molecule has 1 heterocycles. The molecule has 1 nitrogen and oxygen atoms in total. The van der Waals surface area contributed by atoms with E-state index in [0.29, 0.717) is 0 Å². The predicted molar refractivity (Wildman–Crippen MR) is 72.5 cm³/mol. The van der Waals surface area contributed by atoms with Crippen molar-refractivity contribution >= 4 is 5.57 Å². The van der Waals surface area contributed by atoms with Crippen molar-refractivity contribution in [2.75, 3.05) is 0 Å². The maximum Gasteiger partial charge on any atom is 0.0460 e. The van der Waals surface area contributed by atoms with Crippen molar-refractivity contribution in [3.63, 3.8) is 0 Å². The normalized spacial score (nSPS) is 20.2. The highest BCUT2D eigenvalue weighted by Crippen LogP contribution is 2.37. The van der Waals surface area contributed by atoms with Crippen LogP contribution < -0.4 is 0 Å². The summed E-state index contributed by atoms with van der Waals surface area (Å²) in [4.78, 5) is 4.39. The van der Waals surface area contributed by atoms with Crippen molar-refractivity contribution in [2.24, 2.45) is 5.92 Å². The molecule has 0 saturated heterocycles. The first-order chi connectivity index (χ1) is 8.13. The van der Waals surface area contributed by atoms with Crippen LogP contribution in [0.2, 0.25) is 0 Å². The van der Waals surface area contributed by atoms with Gasteiger partial charge in [-0.15, -0.1) is 6.42 Å². The second kappa shape index (κ2) is 4.75. The van der Waals surface area contributed by atoms with Crippen LogP contribution >= 0.6 is 0 Å². The molecule has 1 aliphatic carbocycles. The van der Waals surface area contributed by atoms with Crippen LogP contribution in [0.15, 0.2) is 17.8 Å². The van der Waals surface area contributed by atoms with Crippen molar-refractivity contribution in [3.05, 3.63) is 34.7 Å². The summed E-state index contributed by atoms with van der Waals surface area (Å²) in [5, 5.41) is 0. The Hall–Kier alpha value is -1.55. The summed E-state index contributed by atoms with van der Waals surface area (Å²) in [7, 11) is 0. The first-order valence-electron chi connectivity index (χ1n) is 6.24. The van der Waals surface area contributed by atoms with E-state index in [1.165, 1.54) is 29.6 Å². The second-order valence-corrected chi connectivity index (χ2v) is 5.07. The molecule has 0 fully saturated rings. The Balaban J connectivity index is 2.57. The summed E-state index contributed by atoms with van der Waals surface area (Å²) in [5.41, 5.74) is 6.17. The highest BCUT2D eigenvalue weighted by atomic mass is 14.7. The van der Waals surface area contributed by atoms with E-state index in [2.05, 4.69) is 31.7 Å². The Bertz CT molecular complexity index is 503. The lowest BCUT2D eigenvalue weighted by atomic mass is 9.81. The van der Waals surface area contributed by atoms with Crippen molar-refractivity contribution in [1.82, 2.24) is 4.98 Å². The van der Waals surface area contributed by atoms with Gasteiger partial charge in [-0.1, -0.05) is 18.4 Å². The van der Waals surface area contributed by atoms with Crippen molar-refractivity contribution in [1.29, 1.82) is 0 Å². The molecule has 1 atom stereocenters. The number of allylic oxidation sites excluding steroid dienone is 2. The molecule has 0 bridgehead atoms.